The Morgan fingerprint density at radius 2 is 1.85 bits per heavy atom. The molecule has 9 nitrogen and oxygen atoms in total. The molecule has 0 aliphatic heterocycles. The Bertz CT molecular complexity index is 1290. The quantitative estimate of drug-likeness (QED) is 0.251. The van der Waals surface area contributed by atoms with Gasteiger partial charge in [-0.25, -0.2) is 17.8 Å². The van der Waals surface area contributed by atoms with Crippen molar-refractivity contribution >= 4 is 56.2 Å². The van der Waals surface area contributed by atoms with Crippen LogP contribution in [0.15, 0.2) is 48.7 Å². The van der Waals surface area contributed by atoms with Gasteiger partial charge in [0.1, 0.15) is 10.8 Å². The SMILES string of the molecule is COCCCC(=O)c1ccc(F)c(Nc2ncc(Cl)c(Nc3ccccc3NS(C)(=O)=O)n2)c1. The molecule has 3 rings (SSSR count). The Hall–Kier alpha value is -3.28. The van der Waals surface area contributed by atoms with Crippen LogP contribution in [0.4, 0.5) is 33.2 Å². The fraction of sp³-hybridized carbons (Fsp3) is 0.227. The molecular weight excluding hydrogens is 485 g/mol. The highest BCUT2D eigenvalue weighted by Gasteiger charge is 2.14. The number of rotatable bonds is 11. The van der Waals surface area contributed by atoms with Crippen molar-refractivity contribution in [2.45, 2.75) is 12.8 Å². The predicted molar refractivity (Wildman–Crippen MR) is 130 cm³/mol. The number of hydrogen-bond donors (Lipinski definition) is 3. The molecule has 0 aliphatic carbocycles. The van der Waals surface area contributed by atoms with Crippen LogP contribution in [0, 0.1) is 5.82 Å². The number of aromatic nitrogens is 2. The largest absolute Gasteiger partial charge is 0.385 e. The molecule has 0 bridgehead atoms. The van der Waals surface area contributed by atoms with Gasteiger partial charge < -0.3 is 15.4 Å². The second kappa shape index (κ2) is 11.2. The number of benzene rings is 2. The molecule has 0 saturated carbocycles. The monoisotopic (exact) mass is 507 g/mol. The molecule has 0 unspecified atom stereocenters. The van der Waals surface area contributed by atoms with Crippen molar-refractivity contribution in [2.75, 3.05) is 35.3 Å². The summed E-state index contributed by atoms with van der Waals surface area (Å²) in [6.45, 7) is 0.454. The third-order valence-electron chi connectivity index (χ3n) is 4.51. The molecule has 0 radical (unpaired) electrons. The highest BCUT2D eigenvalue weighted by atomic mass is 35.5. The lowest BCUT2D eigenvalue weighted by molar-refractivity contribution is 0.0963. The molecule has 0 saturated heterocycles. The standard InChI is InChI=1S/C22H23ClFN5O4S/c1-33-11-5-8-20(30)14-9-10-16(24)19(12-14)27-22-25-13-15(23)21(28-22)26-17-6-3-4-7-18(17)29-34(2,31)32/h3-4,6-7,9-10,12-13,29H,5,8,11H2,1-2H3,(H2,25,26,27,28). The van der Waals surface area contributed by atoms with Crippen LogP contribution < -0.4 is 15.4 Å². The fourth-order valence-electron chi connectivity index (χ4n) is 2.96. The minimum Gasteiger partial charge on any atom is -0.385 e. The van der Waals surface area contributed by atoms with Crippen molar-refractivity contribution in [1.82, 2.24) is 9.97 Å². The van der Waals surface area contributed by atoms with E-state index in [0.29, 0.717) is 30.0 Å². The van der Waals surface area contributed by atoms with Crippen LogP contribution in [0.25, 0.3) is 0 Å². The number of ether oxygens (including phenoxy) is 1. The number of nitrogens with zero attached hydrogens (tertiary/aromatic N) is 2. The number of anilines is 5. The van der Waals surface area contributed by atoms with Gasteiger partial charge in [0.25, 0.3) is 0 Å². The first kappa shape index (κ1) is 25.3. The maximum atomic E-state index is 14.4. The van der Waals surface area contributed by atoms with Crippen LogP contribution in [-0.2, 0) is 14.8 Å². The first-order valence-corrected chi connectivity index (χ1v) is 12.4. The lowest BCUT2D eigenvalue weighted by Crippen LogP contribution is -2.11. The minimum absolute atomic E-state index is 0.0170. The summed E-state index contributed by atoms with van der Waals surface area (Å²) >= 11 is 6.21. The summed E-state index contributed by atoms with van der Waals surface area (Å²) in [6, 6.07) is 10.6. The third-order valence-corrected chi connectivity index (χ3v) is 5.37. The average molecular weight is 508 g/mol. The van der Waals surface area contributed by atoms with E-state index >= 15 is 0 Å². The smallest absolute Gasteiger partial charge is 0.229 e. The van der Waals surface area contributed by atoms with Gasteiger partial charge in [0.2, 0.25) is 16.0 Å². The number of nitrogens with one attached hydrogen (secondary N) is 3. The Balaban J connectivity index is 1.83. The van der Waals surface area contributed by atoms with E-state index in [1.165, 1.54) is 24.4 Å². The molecule has 3 N–H and O–H groups in total. The maximum absolute atomic E-state index is 14.4. The number of ketones is 1. The number of halogens is 2. The molecule has 1 aromatic heterocycles. The molecule has 0 fully saturated rings. The van der Waals surface area contributed by atoms with Crippen molar-refractivity contribution in [3.63, 3.8) is 0 Å². The lowest BCUT2D eigenvalue weighted by atomic mass is 10.1. The van der Waals surface area contributed by atoms with Crippen LogP contribution in [0.3, 0.4) is 0 Å². The zero-order valence-electron chi connectivity index (χ0n) is 18.4. The third kappa shape index (κ3) is 7.11. The number of para-hydroxylation sites is 2. The molecule has 12 heteroatoms. The van der Waals surface area contributed by atoms with E-state index in [0.717, 1.165) is 6.26 Å². The van der Waals surface area contributed by atoms with Gasteiger partial charge in [-0.3, -0.25) is 9.52 Å². The highest BCUT2D eigenvalue weighted by molar-refractivity contribution is 7.92. The number of sulfonamides is 1. The molecule has 2 aromatic carbocycles. The van der Waals surface area contributed by atoms with E-state index in [4.69, 9.17) is 16.3 Å². The van der Waals surface area contributed by atoms with Crippen molar-refractivity contribution < 1.29 is 22.3 Å². The summed E-state index contributed by atoms with van der Waals surface area (Å²) < 4.78 is 45.1. The van der Waals surface area contributed by atoms with Crippen molar-refractivity contribution in [3.05, 3.63) is 65.1 Å². The number of carbonyl (C=O) groups is 1. The van der Waals surface area contributed by atoms with Crippen LogP contribution >= 0.6 is 11.6 Å². The fourth-order valence-corrected chi connectivity index (χ4v) is 3.68. The van der Waals surface area contributed by atoms with Crippen molar-refractivity contribution in [2.24, 2.45) is 0 Å². The van der Waals surface area contributed by atoms with E-state index in [9.17, 15) is 17.6 Å². The van der Waals surface area contributed by atoms with Gasteiger partial charge in [0.15, 0.2) is 11.6 Å². The predicted octanol–water partition coefficient (Wildman–Crippen LogP) is 4.74. The molecule has 0 spiro atoms. The van der Waals surface area contributed by atoms with Gasteiger partial charge in [0.05, 0.1) is 29.5 Å². The van der Waals surface area contributed by atoms with Crippen LogP contribution in [0.1, 0.15) is 23.2 Å². The first-order chi connectivity index (χ1) is 16.2. The summed E-state index contributed by atoms with van der Waals surface area (Å²) in [7, 11) is -1.96. The molecule has 180 valence electrons. The molecule has 0 atom stereocenters. The van der Waals surface area contributed by atoms with E-state index in [1.807, 2.05) is 0 Å². The summed E-state index contributed by atoms with van der Waals surface area (Å²) in [5.74, 6) is -0.559. The van der Waals surface area contributed by atoms with Gasteiger partial charge in [0, 0.05) is 25.7 Å². The summed E-state index contributed by atoms with van der Waals surface area (Å²) in [6.07, 6.45) is 3.17. The van der Waals surface area contributed by atoms with E-state index < -0.39 is 15.8 Å². The minimum atomic E-state index is -3.52. The van der Waals surface area contributed by atoms with Gasteiger partial charge in [-0.05, 0) is 36.8 Å². The lowest BCUT2D eigenvalue weighted by Gasteiger charge is -2.14. The Morgan fingerprint density at radius 3 is 2.56 bits per heavy atom. The Morgan fingerprint density at radius 1 is 1.12 bits per heavy atom. The van der Waals surface area contributed by atoms with E-state index in [2.05, 4.69) is 25.3 Å². The summed E-state index contributed by atoms with van der Waals surface area (Å²) in [4.78, 5) is 20.7. The summed E-state index contributed by atoms with van der Waals surface area (Å²) in [5.41, 5.74) is 1.05. The van der Waals surface area contributed by atoms with Gasteiger partial charge in [-0.15, -0.1) is 0 Å². The molecular formula is C22H23ClFN5O4S. The molecule has 3 aromatic rings. The Labute approximate surface area is 201 Å². The van der Waals surface area contributed by atoms with Crippen LogP contribution in [0.2, 0.25) is 5.02 Å². The normalized spacial score (nSPS) is 11.2. The summed E-state index contributed by atoms with van der Waals surface area (Å²) in [5, 5.41) is 5.86. The zero-order chi connectivity index (χ0) is 24.7. The first-order valence-electron chi connectivity index (χ1n) is 10.1. The number of hydrogen-bond acceptors (Lipinski definition) is 8. The number of methoxy groups -OCH3 is 1. The van der Waals surface area contributed by atoms with Crippen LogP contribution in [-0.4, -0.2) is 44.1 Å². The second-order valence-electron chi connectivity index (χ2n) is 7.27. The van der Waals surface area contributed by atoms with Crippen molar-refractivity contribution in [3.8, 4) is 0 Å². The molecule has 0 amide bonds. The Kier molecular flexibility index (Phi) is 8.37. The number of Topliss-reactive ketones (excluding diaryl/α,β-unsaturated/α-hetero) is 1. The second-order valence-corrected chi connectivity index (χ2v) is 9.43. The highest BCUT2D eigenvalue weighted by Crippen LogP contribution is 2.30. The molecule has 1 heterocycles. The van der Waals surface area contributed by atoms with E-state index in [1.54, 1.807) is 31.4 Å². The van der Waals surface area contributed by atoms with Gasteiger partial charge in [-0.2, -0.15) is 4.98 Å². The van der Waals surface area contributed by atoms with Gasteiger partial charge in [-0.1, -0.05) is 23.7 Å². The molecule has 0 aliphatic rings. The zero-order valence-corrected chi connectivity index (χ0v) is 20.0. The maximum Gasteiger partial charge on any atom is 0.229 e. The van der Waals surface area contributed by atoms with Gasteiger partial charge >= 0.3 is 0 Å². The van der Waals surface area contributed by atoms with E-state index in [-0.39, 0.29) is 34.7 Å². The molecule has 34 heavy (non-hydrogen) atoms. The van der Waals surface area contributed by atoms with Crippen molar-refractivity contribution in [1.29, 1.82) is 0 Å². The average Bonchev–Trinajstić information content (AvgIpc) is 2.78. The number of carbonyl (C=O) groups excluding carboxylic acids is 1. The van der Waals surface area contributed by atoms with Crippen LogP contribution in [0.5, 0.6) is 0 Å². The topological polar surface area (TPSA) is 122 Å².